The van der Waals surface area contributed by atoms with E-state index in [2.05, 4.69) is 24.9 Å². The molecule has 0 spiro atoms. The predicted octanol–water partition coefficient (Wildman–Crippen LogP) is 3.64. The van der Waals surface area contributed by atoms with E-state index in [1.54, 1.807) is 0 Å². The van der Waals surface area contributed by atoms with E-state index < -0.39 is 7.25 Å². The monoisotopic (exact) mass is 222 g/mol. The Labute approximate surface area is 86.6 Å². The number of aromatic nitrogens is 1. The molecule has 0 amide bonds. The summed E-state index contributed by atoms with van der Waals surface area (Å²) in [5, 5.41) is 0. The Kier molecular flexibility index (Phi) is 5.97. The second kappa shape index (κ2) is 6.42. The van der Waals surface area contributed by atoms with Crippen LogP contribution in [0.4, 0.5) is 17.3 Å². The first-order valence-corrected chi connectivity index (χ1v) is 4.62. The number of rotatable bonds is 2. The van der Waals surface area contributed by atoms with Gasteiger partial charge < -0.3 is 17.3 Å². The Morgan fingerprint density at radius 1 is 1.27 bits per heavy atom. The summed E-state index contributed by atoms with van der Waals surface area (Å²) < 4.78 is 39.0. The first kappa shape index (κ1) is 13.9. The van der Waals surface area contributed by atoms with Crippen LogP contribution in [0.3, 0.4) is 0 Å². The van der Waals surface area contributed by atoms with Gasteiger partial charge in [0.15, 0.2) is 0 Å². The molecule has 1 aromatic rings. The van der Waals surface area contributed by atoms with Crippen molar-refractivity contribution in [3.05, 3.63) is 29.6 Å². The van der Waals surface area contributed by atoms with Crippen molar-refractivity contribution < 1.29 is 17.3 Å². The average molecular weight is 222 g/mol. The Morgan fingerprint density at radius 3 is 2.20 bits per heavy atom. The standard InChI is InChI=1S/C9H13N.BF4/c1-3-5-9-8(2)6-4-7-10-9;2-1(3,4)5/h4,6-7H,3,5H2,1-2H3;/q;-1. The van der Waals surface area contributed by atoms with Crippen molar-refractivity contribution in [3.8, 4) is 0 Å². The van der Waals surface area contributed by atoms with Gasteiger partial charge in [-0.15, -0.1) is 0 Å². The minimum Gasteiger partial charge on any atom is -0.418 e. The van der Waals surface area contributed by atoms with Gasteiger partial charge in [0.1, 0.15) is 0 Å². The van der Waals surface area contributed by atoms with Crippen LogP contribution in [0.1, 0.15) is 24.6 Å². The highest BCUT2D eigenvalue weighted by Crippen LogP contribution is 2.06. The number of hydrogen-bond donors (Lipinski definition) is 0. The third-order valence-electron chi connectivity index (χ3n) is 1.60. The van der Waals surface area contributed by atoms with Gasteiger partial charge in [-0.25, -0.2) is 0 Å². The van der Waals surface area contributed by atoms with Gasteiger partial charge in [-0.05, 0) is 25.0 Å². The summed E-state index contributed by atoms with van der Waals surface area (Å²) >= 11 is 0. The third kappa shape index (κ3) is 9.24. The lowest BCUT2D eigenvalue weighted by molar-refractivity contribution is 0.368. The molecule has 1 heterocycles. The van der Waals surface area contributed by atoms with Gasteiger partial charge in [-0.2, -0.15) is 0 Å². The highest BCUT2D eigenvalue weighted by molar-refractivity contribution is 6.50. The second-order valence-corrected chi connectivity index (χ2v) is 3.01. The summed E-state index contributed by atoms with van der Waals surface area (Å²) in [5.74, 6) is 0. The molecule has 0 unspecified atom stereocenters. The normalized spacial score (nSPS) is 10.5. The fourth-order valence-corrected chi connectivity index (χ4v) is 1.02. The third-order valence-corrected chi connectivity index (χ3v) is 1.60. The smallest absolute Gasteiger partial charge is 0.418 e. The Hall–Kier alpha value is -1.07. The van der Waals surface area contributed by atoms with Crippen LogP contribution in [0.25, 0.3) is 0 Å². The molecule has 0 atom stereocenters. The first-order chi connectivity index (χ1) is 6.84. The predicted molar refractivity (Wildman–Crippen MR) is 53.2 cm³/mol. The number of pyridine rings is 1. The van der Waals surface area contributed by atoms with Gasteiger partial charge in [0.05, 0.1) is 0 Å². The molecule has 0 radical (unpaired) electrons. The molecule has 0 saturated carbocycles. The first-order valence-electron chi connectivity index (χ1n) is 4.62. The molecule has 0 aliphatic rings. The number of nitrogens with zero attached hydrogens (tertiary/aromatic N) is 1. The summed E-state index contributed by atoms with van der Waals surface area (Å²) in [6.45, 7) is 4.28. The second-order valence-electron chi connectivity index (χ2n) is 3.01. The molecule has 0 bridgehead atoms. The van der Waals surface area contributed by atoms with E-state index in [-0.39, 0.29) is 0 Å². The molecule has 86 valence electrons. The zero-order valence-corrected chi connectivity index (χ0v) is 8.68. The highest BCUT2D eigenvalue weighted by Gasteiger charge is 2.20. The zero-order valence-electron chi connectivity index (χ0n) is 8.68. The Morgan fingerprint density at radius 2 is 1.80 bits per heavy atom. The van der Waals surface area contributed by atoms with Crippen LogP contribution < -0.4 is 0 Å². The number of halogens is 4. The molecule has 1 rings (SSSR count). The quantitative estimate of drug-likeness (QED) is 0.549. The van der Waals surface area contributed by atoms with Gasteiger partial charge in [-0.1, -0.05) is 19.4 Å². The van der Waals surface area contributed by atoms with E-state index in [1.807, 2.05) is 12.3 Å². The minimum absolute atomic E-state index is 1.10. The molecule has 0 saturated heterocycles. The fraction of sp³-hybridized carbons (Fsp3) is 0.444. The van der Waals surface area contributed by atoms with Gasteiger partial charge in [0.2, 0.25) is 0 Å². The molecule has 0 aliphatic carbocycles. The van der Waals surface area contributed by atoms with Crippen LogP contribution >= 0.6 is 0 Å². The lowest BCUT2D eigenvalue weighted by atomic mass is 10.1. The largest absolute Gasteiger partial charge is 0.673 e. The van der Waals surface area contributed by atoms with Crippen molar-refractivity contribution in [2.24, 2.45) is 0 Å². The lowest BCUT2D eigenvalue weighted by Crippen LogP contribution is -2.02. The molecule has 0 N–H and O–H groups in total. The van der Waals surface area contributed by atoms with E-state index in [4.69, 9.17) is 0 Å². The van der Waals surface area contributed by atoms with Crippen molar-refractivity contribution in [1.29, 1.82) is 0 Å². The van der Waals surface area contributed by atoms with E-state index in [1.165, 1.54) is 17.7 Å². The summed E-state index contributed by atoms with van der Waals surface area (Å²) in [6, 6.07) is 4.09. The van der Waals surface area contributed by atoms with Crippen molar-refractivity contribution in [2.45, 2.75) is 26.7 Å². The topological polar surface area (TPSA) is 12.9 Å². The minimum atomic E-state index is -6.00. The van der Waals surface area contributed by atoms with Crippen molar-refractivity contribution in [1.82, 2.24) is 4.98 Å². The molecule has 1 aromatic heterocycles. The highest BCUT2D eigenvalue weighted by atomic mass is 19.5. The summed E-state index contributed by atoms with van der Waals surface area (Å²) in [5.41, 5.74) is 2.55. The van der Waals surface area contributed by atoms with E-state index in [0.717, 1.165) is 6.42 Å². The molecule has 0 aromatic carbocycles. The average Bonchev–Trinajstić information content (AvgIpc) is 2.06. The van der Waals surface area contributed by atoms with Crippen molar-refractivity contribution in [2.75, 3.05) is 0 Å². The van der Waals surface area contributed by atoms with Crippen molar-refractivity contribution >= 4 is 7.25 Å². The molecule has 0 fully saturated rings. The summed E-state index contributed by atoms with van der Waals surface area (Å²) in [6.07, 6.45) is 4.14. The maximum absolute atomic E-state index is 9.75. The number of hydrogen-bond acceptors (Lipinski definition) is 1. The van der Waals surface area contributed by atoms with Crippen LogP contribution in [-0.4, -0.2) is 12.2 Å². The van der Waals surface area contributed by atoms with Crippen LogP contribution in [-0.2, 0) is 6.42 Å². The summed E-state index contributed by atoms with van der Waals surface area (Å²) in [7, 11) is -6.00. The molecular weight excluding hydrogens is 209 g/mol. The van der Waals surface area contributed by atoms with Gasteiger partial charge in [-0.3, -0.25) is 4.98 Å². The van der Waals surface area contributed by atoms with Crippen LogP contribution in [0.2, 0.25) is 0 Å². The SMILES string of the molecule is CCCc1ncccc1C.F[B-](F)(F)F. The zero-order chi connectivity index (χ0) is 11.9. The van der Waals surface area contributed by atoms with Crippen molar-refractivity contribution in [3.63, 3.8) is 0 Å². The van der Waals surface area contributed by atoms with E-state index >= 15 is 0 Å². The Bertz CT molecular complexity index is 282. The lowest BCUT2D eigenvalue weighted by Gasteiger charge is -1.99. The molecule has 0 aliphatic heterocycles. The van der Waals surface area contributed by atoms with E-state index in [0.29, 0.717) is 0 Å². The van der Waals surface area contributed by atoms with Gasteiger partial charge >= 0.3 is 7.25 Å². The van der Waals surface area contributed by atoms with Crippen LogP contribution in [0.5, 0.6) is 0 Å². The van der Waals surface area contributed by atoms with E-state index in [9.17, 15) is 17.3 Å². The van der Waals surface area contributed by atoms with Crippen LogP contribution in [0, 0.1) is 6.92 Å². The van der Waals surface area contributed by atoms with Gasteiger partial charge in [0.25, 0.3) is 0 Å². The molecule has 1 nitrogen and oxygen atoms in total. The van der Waals surface area contributed by atoms with Crippen LogP contribution in [0.15, 0.2) is 18.3 Å². The van der Waals surface area contributed by atoms with Gasteiger partial charge in [0, 0.05) is 11.9 Å². The Balaban J connectivity index is 0.000000336. The molecular formula is C9H13BF4N-. The number of aryl methyl sites for hydroxylation is 2. The molecule has 6 heteroatoms. The maximum atomic E-state index is 9.75. The fourth-order valence-electron chi connectivity index (χ4n) is 1.02. The summed E-state index contributed by atoms with van der Waals surface area (Å²) in [4.78, 5) is 4.27. The maximum Gasteiger partial charge on any atom is 0.673 e. The molecule has 15 heavy (non-hydrogen) atoms.